The molecule has 0 radical (unpaired) electrons. The third kappa shape index (κ3) is 3.26. The van der Waals surface area contributed by atoms with Crippen molar-refractivity contribution >= 4 is 28.0 Å². The lowest BCUT2D eigenvalue weighted by Crippen LogP contribution is -2.28. The molecular weight excluding hydrogens is 400 g/mol. The molecule has 4 aromatic rings. The average Bonchev–Trinajstić information content (AvgIpc) is 3.56. The lowest BCUT2D eigenvalue weighted by molar-refractivity contribution is 0.236. The molecule has 32 heavy (non-hydrogen) atoms. The zero-order valence-corrected chi connectivity index (χ0v) is 18.5. The number of aromatic nitrogens is 5. The number of nitrogens with zero attached hydrogens (tertiary/aromatic N) is 5. The van der Waals surface area contributed by atoms with Crippen LogP contribution < -0.4 is 4.90 Å². The van der Waals surface area contributed by atoms with Gasteiger partial charge in [-0.2, -0.15) is 0 Å². The van der Waals surface area contributed by atoms with Crippen LogP contribution in [0.1, 0.15) is 51.5 Å². The van der Waals surface area contributed by atoms with Crippen LogP contribution in [0.25, 0.3) is 33.3 Å². The van der Waals surface area contributed by atoms with Crippen LogP contribution in [0, 0.1) is 5.92 Å². The van der Waals surface area contributed by atoms with Crippen molar-refractivity contribution < 1.29 is 5.11 Å². The standard InChI is InChI=1S/C25H30N6O/c1-16-9-17(13-32)12-30(16)23-11-20(24-25(29-23)27-14-26-24)18-7-8-22-21(10-18)28-15-31(22)19-5-3-2-4-6-19/h7-8,10-11,14-17,19,32H,2-6,9,12-13H2,1H3,(H,26,27,29)/t16-,17+/m0/s1. The first kappa shape index (κ1) is 19.7. The molecule has 3 aromatic heterocycles. The van der Waals surface area contributed by atoms with Gasteiger partial charge in [0.1, 0.15) is 5.82 Å². The van der Waals surface area contributed by atoms with Gasteiger partial charge in [0.2, 0.25) is 0 Å². The van der Waals surface area contributed by atoms with Crippen molar-refractivity contribution in [1.29, 1.82) is 0 Å². The minimum absolute atomic E-state index is 0.221. The fourth-order valence-electron chi connectivity index (χ4n) is 5.73. The Labute approximate surface area is 187 Å². The van der Waals surface area contributed by atoms with Crippen LogP contribution in [0.2, 0.25) is 0 Å². The number of fused-ring (bicyclic) bond motifs is 2. The summed E-state index contributed by atoms with van der Waals surface area (Å²) >= 11 is 0. The summed E-state index contributed by atoms with van der Waals surface area (Å²) in [7, 11) is 0. The molecule has 2 fully saturated rings. The number of pyridine rings is 1. The SMILES string of the molecule is C[C@H]1C[C@@H](CO)CN1c1cc(-c2ccc3c(c2)ncn3C2CCCCC2)c2[nH]cnc2n1. The third-order valence-corrected chi connectivity index (χ3v) is 7.45. The van der Waals surface area contributed by atoms with Gasteiger partial charge in [-0.15, -0.1) is 0 Å². The molecule has 0 amide bonds. The highest BCUT2D eigenvalue weighted by molar-refractivity contribution is 5.94. The molecule has 7 heteroatoms. The summed E-state index contributed by atoms with van der Waals surface area (Å²) in [6.07, 6.45) is 11.2. The molecule has 0 unspecified atom stereocenters. The first-order valence-electron chi connectivity index (χ1n) is 11.9. The second kappa shape index (κ2) is 7.89. The van der Waals surface area contributed by atoms with Gasteiger partial charge in [-0.3, -0.25) is 0 Å². The fourth-order valence-corrected chi connectivity index (χ4v) is 5.73. The fraction of sp³-hybridized carbons (Fsp3) is 0.480. The molecular formula is C25H30N6O. The van der Waals surface area contributed by atoms with E-state index in [1.165, 1.54) is 37.6 Å². The summed E-state index contributed by atoms with van der Waals surface area (Å²) in [5.74, 6) is 1.22. The second-order valence-electron chi connectivity index (χ2n) is 9.56. The summed E-state index contributed by atoms with van der Waals surface area (Å²) in [5.41, 5.74) is 6.14. The van der Waals surface area contributed by atoms with E-state index in [1.807, 2.05) is 6.33 Å². The van der Waals surface area contributed by atoms with Crippen LogP contribution in [-0.4, -0.2) is 48.8 Å². The highest BCUT2D eigenvalue weighted by atomic mass is 16.3. The molecule has 1 saturated carbocycles. The number of benzene rings is 1. The number of anilines is 1. The van der Waals surface area contributed by atoms with Crippen LogP contribution in [0.15, 0.2) is 36.9 Å². The minimum atomic E-state index is 0.221. The number of rotatable bonds is 4. The van der Waals surface area contributed by atoms with Gasteiger partial charge in [0.25, 0.3) is 0 Å². The molecule has 0 spiro atoms. The molecule has 2 aliphatic rings. The minimum Gasteiger partial charge on any atom is -0.396 e. The Morgan fingerprint density at radius 3 is 2.81 bits per heavy atom. The summed E-state index contributed by atoms with van der Waals surface area (Å²) in [6, 6.07) is 9.69. The molecule has 166 valence electrons. The first-order valence-corrected chi connectivity index (χ1v) is 11.9. The summed E-state index contributed by atoms with van der Waals surface area (Å²) < 4.78 is 2.38. The zero-order valence-electron chi connectivity index (χ0n) is 18.5. The van der Waals surface area contributed by atoms with Gasteiger partial charge in [0.15, 0.2) is 5.65 Å². The quantitative estimate of drug-likeness (QED) is 0.491. The van der Waals surface area contributed by atoms with Crippen molar-refractivity contribution in [2.75, 3.05) is 18.1 Å². The maximum atomic E-state index is 9.64. The van der Waals surface area contributed by atoms with Crippen LogP contribution >= 0.6 is 0 Å². The van der Waals surface area contributed by atoms with Gasteiger partial charge in [0.05, 0.1) is 29.2 Å². The molecule has 7 nitrogen and oxygen atoms in total. The summed E-state index contributed by atoms with van der Waals surface area (Å²) in [6.45, 7) is 3.25. The van der Waals surface area contributed by atoms with E-state index in [0.717, 1.165) is 46.6 Å². The molecule has 1 aromatic carbocycles. The molecule has 1 aliphatic carbocycles. The second-order valence-corrected chi connectivity index (χ2v) is 9.56. The van der Waals surface area contributed by atoms with Gasteiger partial charge in [-0.1, -0.05) is 25.3 Å². The molecule has 1 saturated heterocycles. The Hall–Kier alpha value is -2.93. The van der Waals surface area contributed by atoms with Gasteiger partial charge >= 0.3 is 0 Å². The monoisotopic (exact) mass is 430 g/mol. The van der Waals surface area contributed by atoms with E-state index < -0.39 is 0 Å². The molecule has 2 N–H and O–H groups in total. The highest BCUT2D eigenvalue weighted by Crippen LogP contribution is 2.36. The van der Waals surface area contributed by atoms with E-state index in [0.29, 0.717) is 18.0 Å². The highest BCUT2D eigenvalue weighted by Gasteiger charge is 2.30. The van der Waals surface area contributed by atoms with Crippen LogP contribution in [-0.2, 0) is 0 Å². The number of hydrogen-bond acceptors (Lipinski definition) is 5. The number of aliphatic hydroxyl groups is 1. The maximum absolute atomic E-state index is 9.64. The molecule has 1 aliphatic heterocycles. The molecule has 0 bridgehead atoms. The van der Waals surface area contributed by atoms with Crippen molar-refractivity contribution in [3.05, 3.63) is 36.9 Å². The van der Waals surface area contributed by atoms with Gasteiger partial charge in [-0.25, -0.2) is 15.0 Å². The van der Waals surface area contributed by atoms with E-state index in [2.05, 4.69) is 50.6 Å². The van der Waals surface area contributed by atoms with Crippen LogP contribution in [0.4, 0.5) is 5.82 Å². The third-order valence-electron chi connectivity index (χ3n) is 7.45. The van der Waals surface area contributed by atoms with E-state index in [-0.39, 0.29) is 6.61 Å². The molecule has 2 atom stereocenters. The van der Waals surface area contributed by atoms with Crippen LogP contribution in [0.3, 0.4) is 0 Å². The smallest absolute Gasteiger partial charge is 0.180 e. The Kier molecular flexibility index (Phi) is 4.86. The lowest BCUT2D eigenvalue weighted by atomic mass is 9.95. The molecule has 4 heterocycles. The van der Waals surface area contributed by atoms with Crippen molar-refractivity contribution in [3.8, 4) is 11.1 Å². The summed E-state index contributed by atoms with van der Waals surface area (Å²) in [5, 5.41) is 9.64. The van der Waals surface area contributed by atoms with E-state index >= 15 is 0 Å². The molecule has 6 rings (SSSR count). The Bertz CT molecular complexity index is 1250. The Morgan fingerprint density at radius 1 is 1.12 bits per heavy atom. The first-order chi connectivity index (χ1) is 15.7. The maximum Gasteiger partial charge on any atom is 0.180 e. The lowest BCUT2D eigenvalue weighted by Gasteiger charge is -2.24. The van der Waals surface area contributed by atoms with Crippen molar-refractivity contribution in [3.63, 3.8) is 0 Å². The largest absolute Gasteiger partial charge is 0.396 e. The van der Waals surface area contributed by atoms with E-state index in [1.54, 1.807) is 6.33 Å². The van der Waals surface area contributed by atoms with Crippen molar-refractivity contribution in [2.24, 2.45) is 5.92 Å². The number of nitrogens with one attached hydrogen (secondary N) is 1. The van der Waals surface area contributed by atoms with Crippen molar-refractivity contribution in [2.45, 2.75) is 57.5 Å². The normalized spacial score (nSPS) is 22.4. The predicted molar refractivity (Wildman–Crippen MR) is 127 cm³/mol. The predicted octanol–water partition coefficient (Wildman–Crippen LogP) is 4.69. The Morgan fingerprint density at radius 2 is 2.00 bits per heavy atom. The Balaban J connectivity index is 1.41. The van der Waals surface area contributed by atoms with Gasteiger partial charge in [-0.05, 0) is 49.9 Å². The van der Waals surface area contributed by atoms with E-state index in [9.17, 15) is 5.11 Å². The number of imidazole rings is 2. The summed E-state index contributed by atoms with van der Waals surface area (Å²) in [4.78, 5) is 19.6. The van der Waals surface area contributed by atoms with E-state index in [4.69, 9.17) is 9.97 Å². The van der Waals surface area contributed by atoms with Gasteiger partial charge in [0, 0.05) is 36.7 Å². The number of hydrogen-bond donors (Lipinski definition) is 2. The zero-order chi connectivity index (χ0) is 21.7. The average molecular weight is 431 g/mol. The van der Waals surface area contributed by atoms with Crippen LogP contribution in [0.5, 0.6) is 0 Å². The van der Waals surface area contributed by atoms with Gasteiger partial charge < -0.3 is 19.6 Å². The van der Waals surface area contributed by atoms with Crippen molar-refractivity contribution in [1.82, 2.24) is 24.5 Å². The number of H-pyrrole nitrogens is 1. The number of aliphatic hydroxyl groups excluding tert-OH is 1. The number of aromatic amines is 1. The topological polar surface area (TPSA) is 82.9 Å².